The Labute approximate surface area is 152 Å². The van der Waals surface area contributed by atoms with Crippen molar-refractivity contribution in [3.05, 3.63) is 40.2 Å². The first-order valence-corrected chi connectivity index (χ1v) is 7.83. The van der Waals surface area contributed by atoms with Crippen molar-refractivity contribution in [3.63, 3.8) is 0 Å². The molecule has 1 aromatic carbocycles. The average molecular weight is 388 g/mol. The molecule has 1 amide bonds. The second kappa shape index (κ2) is 8.13. The van der Waals surface area contributed by atoms with Crippen molar-refractivity contribution in [2.24, 2.45) is 0 Å². The largest absolute Gasteiger partial charge is 0.480 e. The fourth-order valence-electron chi connectivity index (χ4n) is 2.34. The number of carboxylic acids is 1. The standard InChI is InChI=1S/C16H16ClF2N3O4/c1-8-11(9(2)22(21-8)16(18)19)6-14(23)20-10-3-4-13(12(17)5-10)26-7-15(24)25/h3-5,16H,6-7H2,1-2H3,(H,20,23)(H,24,25). The Kier molecular flexibility index (Phi) is 6.14. The first-order chi connectivity index (χ1) is 12.2. The van der Waals surface area contributed by atoms with E-state index in [9.17, 15) is 18.4 Å². The number of carbonyl (C=O) groups excluding carboxylic acids is 1. The van der Waals surface area contributed by atoms with Crippen molar-refractivity contribution in [2.75, 3.05) is 11.9 Å². The van der Waals surface area contributed by atoms with Gasteiger partial charge in [0.15, 0.2) is 6.61 Å². The van der Waals surface area contributed by atoms with Crippen LogP contribution >= 0.6 is 11.6 Å². The molecular weight excluding hydrogens is 372 g/mol. The summed E-state index contributed by atoms with van der Waals surface area (Å²) in [4.78, 5) is 22.7. The number of ether oxygens (including phenoxy) is 1. The van der Waals surface area contributed by atoms with Crippen LogP contribution in [0.4, 0.5) is 14.5 Å². The number of amides is 1. The minimum Gasteiger partial charge on any atom is -0.480 e. The van der Waals surface area contributed by atoms with E-state index in [1.807, 2.05) is 0 Å². The topological polar surface area (TPSA) is 93.5 Å². The summed E-state index contributed by atoms with van der Waals surface area (Å²) in [5.41, 5.74) is 1.37. The fourth-order valence-corrected chi connectivity index (χ4v) is 2.58. The number of hydrogen-bond acceptors (Lipinski definition) is 4. The second-order valence-corrected chi connectivity index (χ2v) is 5.83. The molecule has 10 heteroatoms. The highest BCUT2D eigenvalue weighted by Crippen LogP contribution is 2.28. The zero-order chi connectivity index (χ0) is 19.4. The monoisotopic (exact) mass is 387 g/mol. The Bertz CT molecular complexity index is 839. The van der Waals surface area contributed by atoms with E-state index >= 15 is 0 Å². The van der Waals surface area contributed by atoms with E-state index in [1.54, 1.807) is 6.92 Å². The quantitative estimate of drug-likeness (QED) is 0.761. The lowest BCUT2D eigenvalue weighted by Gasteiger charge is -2.09. The van der Waals surface area contributed by atoms with Gasteiger partial charge >= 0.3 is 12.5 Å². The molecule has 0 aliphatic rings. The van der Waals surface area contributed by atoms with Crippen LogP contribution in [0, 0.1) is 13.8 Å². The van der Waals surface area contributed by atoms with Gasteiger partial charge in [0, 0.05) is 16.9 Å². The van der Waals surface area contributed by atoms with Crippen LogP contribution in [0.25, 0.3) is 0 Å². The second-order valence-electron chi connectivity index (χ2n) is 5.42. The summed E-state index contributed by atoms with van der Waals surface area (Å²) in [6, 6.07) is 4.31. The Morgan fingerprint density at radius 3 is 2.62 bits per heavy atom. The summed E-state index contributed by atoms with van der Waals surface area (Å²) >= 11 is 5.98. The van der Waals surface area contributed by atoms with E-state index in [0.717, 1.165) is 0 Å². The van der Waals surface area contributed by atoms with Crippen LogP contribution in [0.1, 0.15) is 23.5 Å². The minimum absolute atomic E-state index is 0.126. The van der Waals surface area contributed by atoms with Gasteiger partial charge in [-0.25, -0.2) is 9.48 Å². The number of nitrogens with zero attached hydrogens (tertiary/aromatic N) is 2. The number of nitrogens with one attached hydrogen (secondary N) is 1. The number of carbonyl (C=O) groups is 2. The van der Waals surface area contributed by atoms with Crippen molar-refractivity contribution in [2.45, 2.75) is 26.8 Å². The minimum atomic E-state index is -2.78. The number of alkyl halides is 2. The molecule has 0 spiro atoms. The first-order valence-electron chi connectivity index (χ1n) is 7.45. The van der Waals surface area contributed by atoms with Gasteiger partial charge in [0.1, 0.15) is 5.75 Å². The number of aryl methyl sites for hydroxylation is 1. The molecule has 0 saturated heterocycles. The number of rotatable bonds is 7. The van der Waals surface area contributed by atoms with Crippen LogP contribution in [-0.2, 0) is 16.0 Å². The number of benzene rings is 1. The molecular formula is C16H16ClF2N3O4. The molecule has 0 bridgehead atoms. The highest BCUT2D eigenvalue weighted by atomic mass is 35.5. The molecule has 0 radical (unpaired) electrons. The van der Waals surface area contributed by atoms with E-state index in [2.05, 4.69) is 10.4 Å². The molecule has 26 heavy (non-hydrogen) atoms. The number of halogens is 3. The summed E-state index contributed by atoms with van der Waals surface area (Å²) < 4.78 is 31.2. The number of aromatic nitrogens is 2. The van der Waals surface area contributed by atoms with Gasteiger partial charge in [-0.05, 0) is 32.0 Å². The SMILES string of the molecule is Cc1nn(C(F)F)c(C)c1CC(=O)Nc1ccc(OCC(=O)O)c(Cl)c1. The summed E-state index contributed by atoms with van der Waals surface area (Å²) in [6.07, 6.45) is -0.126. The van der Waals surface area contributed by atoms with Crippen LogP contribution in [0.5, 0.6) is 5.75 Å². The predicted octanol–water partition coefficient (Wildman–Crippen LogP) is 3.19. The third-order valence-corrected chi connectivity index (χ3v) is 3.86. The first kappa shape index (κ1) is 19.6. The fraction of sp³-hybridized carbons (Fsp3) is 0.312. The average Bonchev–Trinajstić information content (AvgIpc) is 2.82. The molecule has 2 rings (SSSR count). The van der Waals surface area contributed by atoms with E-state index < -0.39 is 25.0 Å². The Hall–Kier alpha value is -2.68. The van der Waals surface area contributed by atoms with Gasteiger partial charge in [0.25, 0.3) is 0 Å². The number of aliphatic carboxylic acids is 1. The lowest BCUT2D eigenvalue weighted by Crippen LogP contribution is -2.15. The van der Waals surface area contributed by atoms with Gasteiger partial charge < -0.3 is 15.2 Å². The van der Waals surface area contributed by atoms with E-state index in [-0.39, 0.29) is 22.9 Å². The Morgan fingerprint density at radius 2 is 2.08 bits per heavy atom. The van der Waals surface area contributed by atoms with Crippen molar-refractivity contribution in [3.8, 4) is 5.75 Å². The molecule has 1 heterocycles. The van der Waals surface area contributed by atoms with Gasteiger partial charge in [0.05, 0.1) is 17.1 Å². The predicted molar refractivity (Wildman–Crippen MR) is 89.9 cm³/mol. The highest BCUT2D eigenvalue weighted by molar-refractivity contribution is 6.32. The molecule has 7 nitrogen and oxygen atoms in total. The maximum absolute atomic E-state index is 12.8. The molecule has 2 aromatic rings. The van der Waals surface area contributed by atoms with Crippen LogP contribution in [0.3, 0.4) is 0 Å². The zero-order valence-electron chi connectivity index (χ0n) is 13.9. The maximum atomic E-state index is 12.8. The van der Waals surface area contributed by atoms with Crippen LogP contribution in [-0.4, -0.2) is 33.4 Å². The maximum Gasteiger partial charge on any atom is 0.341 e. The van der Waals surface area contributed by atoms with Crippen LogP contribution in [0.2, 0.25) is 5.02 Å². The van der Waals surface area contributed by atoms with Gasteiger partial charge in [-0.2, -0.15) is 13.9 Å². The summed E-state index contributed by atoms with van der Waals surface area (Å²) in [5.74, 6) is -1.41. The molecule has 0 aliphatic heterocycles. The third-order valence-electron chi connectivity index (χ3n) is 3.56. The molecule has 0 atom stereocenters. The number of carboxylic acid groups (broad SMARTS) is 1. The van der Waals surface area contributed by atoms with Crippen molar-refractivity contribution >= 4 is 29.2 Å². The molecule has 0 aliphatic carbocycles. The van der Waals surface area contributed by atoms with Gasteiger partial charge in [-0.1, -0.05) is 11.6 Å². The third kappa shape index (κ3) is 4.69. The van der Waals surface area contributed by atoms with E-state index in [1.165, 1.54) is 25.1 Å². The smallest absolute Gasteiger partial charge is 0.341 e. The van der Waals surface area contributed by atoms with Gasteiger partial charge in [-0.3, -0.25) is 4.79 Å². The van der Waals surface area contributed by atoms with Gasteiger partial charge in [0.2, 0.25) is 5.91 Å². The number of hydrogen-bond donors (Lipinski definition) is 2. The molecule has 0 unspecified atom stereocenters. The van der Waals surface area contributed by atoms with Crippen molar-refractivity contribution in [1.82, 2.24) is 9.78 Å². The molecule has 140 valence electrons. The Morgan fingerprint density at radius 1 is 1.38 bits per heavy atom. The lowest BCUT2D eigenvalue weighted by atomic mass is 10.1. The summed E-state index contributed by atoms with van der Waals surface area (Å²) in [6.45, 7) is -0.291. The highest BCUT2D eigenvalue weighted by Gasteiger charge is 2.19. The van der Waals surface area contributed by atoms with Crippen LogP contribution in [0.15, 0.2) is 18.2 Å². The summed E-state index contributed by atoms with van der Waals surface area (Å²) in [5, 5.41) is 15.0. The van der Waals surface area contributed by atoms with Crippen LogP contribution < -0.4 is 10.1 Å². The lowest BCUT2D eigenvalue weighted by molar-refractivity contribution is -0.139. The normalized spacial score (nSPS) is 10.8. The molecule has 1 aromatic heterocycles. The van der Waals surface area contributed by atoms with Gasteiger partial charge in [-0.15, -0.1) is 0 Å². The molecule has 0 saturated carbocycles. The Balaban J connectivity index is 2.06. The molecule has 0 fully saturated rings. The number of anilines is 1. The van der Waals surface area contributed by atoms with Crippen molar-refractivity contribution in [1.29, 1.82) is 0 Å². The summed E-state index contributed by atoms with van der Waals surface area (Å²) in [7, 11) is 0. The molecule has 2 N–H and O–H groups in total. The van der Waals surface area contributed by atoms with Crippen molar-refractivity contribution < 1.29 is 28.2 Å². The zero-order valence-corrected chi connectivity index (χ0v) is 14.7. The van der Waals surface area contributed by atoms with E-state index in [4.69, 9.17) is 21.4 Å². The van der Waals surface area contributed by atoms with E-state index in [0.29, 0.717) is 21.6 Å².